The van der Waals surface area contributed by atoms with Gasteiger partial charge in [0.1, 0.15) is 11.2 Å². The van der Waals surface area contributed by atoms with Gasteiger partial charge in [0.05, 0.1) is 15.9 Å². The second-order valence-corrected chi connectivity index (χ2v) is 8.70. The number of hydrogen-bond donors (Lipinski definition) is 1. The molecule has 134 valence electrons. The molecule has 0 saturated carbocycles. The van der Waals surface area contributed by atoms with E-state index in [0.717, 1.165) is 10.4 Å². The molecule has 0 bridgehead atoms. The van der Waals surface area contributed by atoms with Crippen LogP contribution in [0.15, 0.2) is 6.07 Å². The summed E-state index contributed by atoms with van der Waals surface area (Å²) < 4.78 is 26.9. The molecule has 5 nitrogen and oxygen atoms in total. The molecule has 2 atom stereocenters. The highest BCUT2D eigenvalue weighted by Crippen LogP contribution is 2.47. The fraction of sp³-hybridized carbons (Fsp3) is 0.722. The zero-order valence-electron chi connectivity index (χ0n) is 16.7. The van der Waals surface area contributed by atoms with Crippen LogP contribution in [0.4, 0.5) is 4.79 Å². The molecule has 2 aliphatic rings. The molecule has 1 spiro atoms. The third-order valence-corrected chi connectivity index (χ3v) is 5.89. The standard InChI is InChI=1S/C18H27NO4S/c1-12-10-18(6-7-19(12)16(21)23-17(2,3)4)15-13(5-8-22-18)9-14(11-20)24-15/h9,12,20H,5-8,10-11H2,1-4H3/t12-,18+/m0/s1/i11D2. The summed E-state index contributed by atoms with van der Waals surface area (Å²) in [5.41, 5.74) is 0.00209. The van der Waals surface area contributed by atoms with E-state index in [1.54, 1.807) is 11.0 Å². The second-order valence-electron chi connectivity index (χ2n) is 7.65. The Morgan fingerprint density at radius 1 is 1.62 bits per heavy atom. The molecule has 3 rings (SSSR count). The van der Waals surface area contributed by atoms with Gasteiger partial charge in [0.25, 0.3) is 0 Å². The van der Waals surface area contributed by atoms with Gasteiger partial charge in [-0.05, 0) is 52.2 Å². The molecular weight excluding hydrogens is 326 g/mol. The van der Waals surface area contributed by atoms with Crippen molar-refractivity contribution in [3.05, 3.63) is 21.4 Å². The normalized spacial score (nSPS) is 29.0. The van der Waals surface area contributed by atoms with Gasteiger partial charge in [-0.25, -0.2) is 4.79 Å². The second kappa shape index (κ2) is 6.32. The number of hydrogen-bond acceptors (Lipinski definition) is 5. The summed E-state index contributed by atoms with van der Waals surface area (Å²) in [4.78, 5) is 15.5. The largest absolute Gasteiger partial charge is 0.444 e. The monoisotopic (exact) mass is 355 g/mol. The lowest BCUT2D eigenvalue weighted by Crippen LogP contribution is -2.53. The lowest BCUT2D eigenvalue weighted by molar-refractivity contribution is -0.108. The fourth-order valence-corrected chi connectivity index (χ4v) is 4.81. The summed E-state index contributed by atoms with van der Waals surface area (Å²) in [5.74, 6) is 0. The van der Waals surface area contributed by atoms with Crippen molar-refractivity contribution in [2.75, 3.05) is 13.2 Å². The van der Waals surface area contributed by atoms with Crippen LogP contribution >= 0.6 is 11.3 Å². The summed E-state index contributed by atoms with van der Waals surface area (Å²) >= 11 is 1.28. The Morgan fingerprint density at radius 3 is 3.00 bits per heavy atom. The van der Waals surface area contributed by atoms with Crippen molar-refractivity contribution in [2.24, 2.45) is 0 Å². The van der Waals surface area contributed by atoms with Gasteiger partial charge in [0, 0.05) is 28.8 Å². The molecule has 1 aromatic heterocycles. The van der Waals surface area contributed by atoms with Crippen LogP contribution in [0.3, 0.4) is 0 Å². The Bertz CT molecular complexity index is 694. The molecule has 1 N–H and O–H groups in total. The highest BCUT2D eigenvalue weighted by Gasteiger charge is 2.46. The lowest BCUT2D eigenvalue weighted by atomic mass is 9.82. The van der Waals surface area contributed by atoms with Gasteiger partial charge in [0.15, 0.2) is 0 Å². The van der Waals surface area contributed by atoms with Crippen molar-refractivity contribution < 1.29 is 22.1 Å². The Hall–Kier alpha value is -1.11. The first-order valence-corrected chi connectivity index (χ1v) is 9.23. The predicted molar refractivity (Wildman–Crippen MR) is 93.2 cm³/mol. The summed E-state index contributed by atoms with van der Waals surface area (Å²) in [6.45, 7) is 6.30. The molecule has 1 aromatic rings. The number of carbonyl (C=O) groups excluding carboxylic acids is 1. The minimum atomic E-state index is -2.34. The van der Waals surface area contributed by atoms with E-state index in [2.05, 4.69) is 0 Å². The van der Waals surface area contributed by atoms with Gasteiger partial charge >= 0.3 is 6.09 Å². The van der Waals surface area contributed by atoms with Crippen LogP contribution in [-0.4, -0.2) is 40.9 Å². The minimum Gasteiger partial charge on any atom is -0.444 e. The number of nitrogens with zero attached hydrogens (tertiary/aromatic N) is 1. The van der Waals surface area contributed by atoms with Crippen molar-refractivity contribution >= 4 is 17.4 Å². The first-order valence-electron chi connectivity index (χ1n) is 9.41. The molecule has 24 heavy (non-hydrogen) atoms. The number of likely N-dealkylation sites (tertiary alicyclic amines) is 1. The van der Waals surface area contributed by atoms with Gasteiger partial charge in [-0.1, -0.05) is 0 Å². The number of fused-ring (bicyclic) bond motifs is 2. The molecule has 0 radical (unpaired) electrons. The number of rotatable bonds is 1. The summed E-state index contributed by atoms with van der Waals surface area (Å²) in [6, 6.07) is 1.70. The Kier molecular flexibility index (Phi) is 3.99. The minimum absolute atomic E-state index is 0.0546. The average molecular weight is 355 g/mol. The first-order chi connectivity index (χ1) is 11.9. The van der Waals surface area contributed by atoms with Crippen LogP contribution in [0.25, 0.3) is 0 Å². The maximum absolute atomic E-state index is 12.5. The summed E-state index contributed by atoms with van der Waals surface area (Å²) in [7, 11) is 0. The topological polar surface area (TPSA) is 59.0 Å². The molecule has 0 unspecified atom stereocenters. The van der Waals surface area contributed by atoms with Crippen molar-refractivity contribution in [3.8, 4) is 0 Å². The quantitative estimate of drug-likeness (QED) is 0.838. The van der Waals surface area contributed by atoms with E-state index in [4.69, 9.17) is 12.2 Å². The van der Waals surface area contributed by atoms with Gasteiger partial charge in [-0.2, -0.15) is 0 Å². The molecule has 1 fully saturated rings. The maximum atomic E-state index is 12.5. The number of carbonyl (C=O) groups is 1. The third kappa shape index (κ3) is 3.32. The van der Waals surface area contributed by atoms with Crippen LogP contribution in [0.1, 0.15) is 58.6 Å². The molecule has 3 heterocycles. The highest BCUT2D eigenvalue weighted by molar-refractivity contribution is 7.12. The van der Waals surface area contributed by atoms with E-state index in [9.17, 15) is 9.90 Å². The number of aliphatic hydroxyl groups is 1. The van der Waals surface area contributed by atoms with E-state index in [0.29, 0.717) is 37.3 Å². The van der Waals surface area contributed by atoms with Gasteiger partial charge < -0.3 is 19.5 Å². The van der Waals surface area contributed by atoms with E-state index >= 15 is 0 Å². The lowest BCUT2D eigenvalue weighted by Gasteiger charge is -2.46. The number of amides is 1. The first kappa shape index (κ1) is 15.2. The maximum Gasteiger partial charge on any atom is 0.410 e. The summed E-state index contributed by atoms with van der Waals surface area (Å²) in [6.07, 6.45) is 1.67. The number of ether oxygens (including phenoxy) is 2. The van der Waals surface area contributed by atoms with Gasteiger partial charge in [0.2, 0.25) is 0 Å². The third-order valence-electron chi connectivity index (χ3n) is 4.62. The van der Waals surface area contributed by atoms with Crippen LogP contribution in [0, 0.1) is 0 Å². The Labute approximate surface area is 150 Å². The molecule has 0 aliphatic carbocycles. The van der Waals surface area contributed by atoms with Crippen LogP contribution < -0.4 is 0 Å². The van der Waals surface area contributed by atoms with Crippen LogP contribution in [0.5, 0.6) is 0 Å². The molecule has 0 aromatic carbocycles. The fourth-order valence-electron chi connectivity index (χ4n) is 3.62. The zero-order valence-corrected chi connectivity index (χ0v) is 15.5. The Morgan fingerprint density at radius 2 is 2.38 bits per heavy atom. The highest BCUT2D eigenvalue weighted by atomic mass is 32.1. The van der Waals surface area contributed by atoms with E-state index < -0.39 is 17.8 Å². The van der Waals surface area contributed by atoms with E-state index in [1.807, 2.05) is 27.7 Å². The Balaban J connectivity index is 1.82. The molecule has 1 saturated heterocycles. The predicted octanol–water partition coefficient (Wildman–Crippen LogP) is 3.43. The molecule has 6 heteroatoms. The van der Waals surface area contributed by atoms with Crippen LogP contribution in [-0.2, 0) is 28.1 Å². The number of piperidine rings is 1. The summed E-state index contributed by atoms with van der Waals surface area (Å²) in [5, 5.41) is 9.73. The zero-order chi connectivity index (χ0) is 19.3. The molecule has 2 aliphatic heterocycles. The van der Waals surface area contributed by atoms with Crippen molar-refractivity contribution in [2.45, 2.75) is 70.8 Å². The average Bonchev–Trinajstić information content (AvgIpc) is 2.91. The van der Waals surface area contributed by atoms with Crippen LogP contribution in [0.2, 0.25) is 0 Å². The van der Waals surface area contributed by atoms with Gasteiger partial charge in [-0.3, -0.25) is 0 Å². The smallest absolute Gasteiger partial charge is 0.410 e. The van der Waals surface area contributed by atoms with E-state index in [-0.39, 0.29) is 12.1 Å². The molecular formula is C18H27NO4S. The van der Waals surface area contributed by atoms with Crippen molar-refractivity contribution in [1.29, 1.82) is 0 Å². The molecule has 1 amide bonds. The van der Waals surface area contributed by atoms with Crippen molar-refractivity contribution in [3.63, 3.8) is 0 Å². The van der Waals surface area contributed by atoms with E-state index in [1.165, 1.54) is 11.3 Å². The van der Waals surface area contributed by atoms with Gasteiger partial charge in [-0.15, -0.1) is 11.3 Å². The number of thiophene rings is 1. The van der Waals surface area contributed by atoms with Crippen molar-refractivity contribution in [1.82, 2.24) is 4.90 Å². The SMILES string of the molecule is [2H]C([2H])(O)c1cc2c(s1)[C@]1(CCN(C(=O)OC(C)(C)C)[C@@H](C)C1)OCC2.